The zero-order valence-corrected chi connectivity index (χ0v) is 17.3. The van der Waals surface area contributed by atoms with Crippen LogP contribution in [-0.2, 0) is 16.1 Å². The number of amides is 1. The van der Waals surface area contributed by atoms with Crippen molar-refractivity contribution in [2.24, 2.45) is 0 Å². The van der Waals surface area contributed by atoms with E-state index < -0.39 is 12.1 Å². The Morgan fingerprint density at radius 1 is 0.968 bits per heavy atom. The summed E-state index contributed by atoms with van der Waals surface area (Å²) in [6.07, 6.45) is -0.904. The number of aromatic nitrogens is 3. The van der Waals surface area contributed by atoms with Gasteiger partial charge in [0.2, 0.25) is 0 Å². The van der Waals surface area contributed by atoms with Crippen LogP contribution in [0.4, 0.5) is 5.69 Å². The topological polar surface area (TPSA) is 77.3 Å². The Labute approximate surface area is 179 Å². The minimum atomic E-state index is -0.904. The van der Waals surface area contributed by atoms with Gasteiger partial charge in [0.25, 0.3) is 5.91 Å². The van der Waals surface area contributed by atoms with E-state index in [9.17, 15) is 9.59 Å². The van der Waals surface area contributed by atoms with Gasteiger partial charge < -0.3 is 9.64 Å². The summed E-state index contributed by atoms with van der Waals surface area (Å²) in [6, 6.07) is 24.0. The van der Waals surface area contributed by atoms with Crippen LogP contribution in [0.15, 0.2) is 78.9 Å². The van der Waals surface area contributed by atoms with Crippen LogP contribution in [0.5, 0.6) is 0 Å². The number of ether oxygens (including phenoxy) is 1. The third-order valence-electron chi connectivity index (χ3n) is 5.05. The zero-order chi connectivity index (χ0) is 21.8. The minimum Gasteiger partial charge on any atom is -0.449 e. The number of nitrogens with zero attached hydrogens (tertiary/aromatic N) is 4. The summed E-state index contributed by atoms with van der Waals surface area (Å²) in [4.78, 5) is 26.6. The van der Waals surface area contributed by atoms with Crippen LogP contribution in [-0.4, -0.2) is 40.0 Å². The van der Waals surface area contributed by atoms with Crippen molar-refractivity contribution < 1.29 is 14.3 Å². The van der Waals surface area contributed by atoms with E-state index in [2.05, 4.69) is 10.3 Å². The number of rotatable bonds is 6. The molecule has 0 unspecified atom stereocenters. The summed E-state index contributed by atoms with van der Waals surface area (Å²) in [5, 5.41) is 8.33. The van der Waals surface area contributed by atoms with E-state index in [0.717, 1.165) is 22.3 Å². The number of esters is 1. The average molecular weight is 414 g/mol. The van der Waals surface area contributed by atoms with Crippen LogP contribution < -0.4 is 4.90 Å². The van der Waals surface area contributed by atoms with E-state index >= 15 is 0 Å². The molecular weight excluding hydrogens is 392 g/mol. The summed E-state index contributed by atoms with van der Waals surface area (Å²) >= 11 is 0. The first-order chi connectivity index (χ1) is 15.0. The highest BCUT2D eigenvalue weighted by atomic mass is 16.5. The fourth-order valence-corrected chi connectivity index (χ4v) is 3.28. The van der Waals surface area contributed by atoms with Crippen LogP contribution in [0.3, 0.4) is 0 Å². The standard InChI is InChI=1S/C24H22N4O3/c1-17(23(29)27(2)20-8-4-3-5-9-20)31-24(30)19-14-12-18(13-15-19)16-28-22-11-7-6-10-21(22)25-26-28/h3-15,17H,16H2,1-2H3/t17-/m0/s1. The monoisotopic (exact) mass is 414 g/mol. The highest BCUT2D eigenvalue weighted by molar-refractivity contribution is 5.98. The largest absolute Gasteiger partial charge is 0.449 e. The van der Waals surface area contributed by atoms with Crippen LogP contribution in [0, 0.1) is 0 Å². The predicted molar refractivity (Wildman–Crippen MR) is 118 cm³/mol. The molecule has 0 spiro atoms. The quantitative estimate of drug-likeness (QED) is 0.450. The fraction of sp³-hybridized carbons (Fsp3) is 0.167. The normalized spacial score (nSPS) is 11.8. The van der Waals surface area contributed by atoms with Gasteiger partial charge in [0.05, 0.1) is 17.6 Å². The molecule has 0 fully saturated rings. The molecule has 4 aromatic rings. The summed E-state index contributed by atoms with van der Waals surface area (Å²) in [5.74, 6) is -0.839. The number of carbonyl (C=O) groups excluding carboxylic acids is 2. The molecule has 0 aliphatic carbocycles. The molecule has 1 atom stereocenters. The number of hydrogen-bond acceptors (Lipinski definition) is 5. The van der Waals surface area contributed by atoms with E-state index in [0.29, 0.717) is 12.1 Å². The second kappa shape index (κ2) is 8.79. The van der Waals surface area contributed by atoms with Crippen molar-refractivity contribution >= 4 is 28.6 Å². The van der Waals surface area contributed by atoms with Crippen molar-refractivity contribution in [2.45, 2.75) is 19.6 Å². The molecule has 0 saturated heterocycles. The summed E-state index contributed by atoms with van der Waals surface area (Å²) in [6.45, 7) is 2.11. The van der Waals surface area contributed by atoms with Gasteiger partial charge in [0.15, 0.2) is 6.10 Å². The molecule has 1 aromatic heterocycles. The molecule has 0 bridgehead atoms. The number of carbonyl (C=O) groups is 2. The number of likely N-dealkylation sites (N-methyl/N-ethyl adjacent to an activating group) is 1. The maximum atomic E-state index is 12.6. The van der Waals surface area contributed by atoms with Crippen molar-refractivity contribution in [3.8, 4) is 0 Å². The van der Waals surface area contributed by atoms with Gasteiger partial charge in [-0.05, 0) is 48.9 Å². The van der Waals surface area contributed by atoms with Gasteiger partial charge in [-0.15, -0.1) is 5.10 Å². The molecule has 1 amide bonds. The first kappa shape index (κ1) is 20.3. The minimum absolute atomic E-state index is 0.297. The van der Waals surface area contributed by atoms with Crippen LogP contribution in [0.25, 0.3) is 11.0 Å². The van der Waals surface area contributed by atoms with Crippen molar-refractivity contribution in [2.75, 3.05) is 11.9 Å². The second-order valence-corrected chi connectivity index (χ2v) is 7.21. The molecule has 31 heavy (non-hydrogen) atoms. The third kappa shape index (κ3) is 4.45. The fourth-order valence-electron chi connectivity index (χ4n) is 3.28. The smallest absolute Gasteiger partial charge is 0.338 e. The van der Waals surface area contributed by atoms with Gasteiger partial charge in [0, 0.05) is 12.7 Å². The Hall–Kier alpha value is -4.00. The lowest BCUT2D eigenvalue weighted by Crippen LogP contribution is -2.37. The Balaban J connectivity index is 1.39. The zero-order valence-electron chi connectivity index (χ0n) is 17.3. The van der Waals surface area contributed by atoms with Crippen LogP contribution >= 0.6 is 0 Å². The van der Waals surface area contributed by atoms with Crippen molar-refractivity contribution in [1.82, 2.24) is 15.0 Å². The molecule has 156 valence electrons. The Morgan fingerprint density at radius 2 is 1.65 bits per heavy atom. The van der Waals surface area contributed by atoms with Gasteiger partial charge in [-0.3, -0.25) is 4.79 Å². The average Bonchev–Trinajstić information content (AvgIpc) is 3.22. The van der Waals surface area contributed by atoms with Gasteiger partial charge in [-0.2, -0.15) is 0 Å². The lowest BCUT2D eigenvalue weighted by molar-refractivity contribution is -0.126. The molecule has 7 nitrogen and oxygen atoms in total. The SMILES string of the molecule is C[C@H](OC(=O)c1ccc(Cn2nnc3ccccc32)cc1)C(=O)N(C)c1ccccc1. The molecule has 7 heteroatoms. The van der Waals surface area contributed by atoms with Crippen LogP contribution in [0.2, 0.25) is 0 Å². The Morgan fingerprint density at radius 3 is 2.39 bits per heavy atom. The molecule has 1 heterocycles. The molecule has 3 aromatic carbocycles. The molecule has 0 N–H and O–H groups in total. The van der Waals surface area contributed by atoms with Gasteiger partial charge in [-0.1, -0.05) is 47.7 Å². The summed E-state index contributed by atoms with van der Waals surface area (Å²) in [7, 11) is 1.66. The predicted octanol–water partition coefficient (Wildman–Crippen LogP) is 3.69. The first-order valence-corrected chi connectivity index (χ1v) is 9.93. The Bertz CT molecular complexity index is 1200. The highest BCUT2D eigenvalue weighted by Gasteiger charge is 2.23. The molecule has 0 radical (unpaired) electrons. The number of fused-ring (bicyclic) bond motifs is 1. The molecule has 0 saturated carbocycles. The maximum Gasteiger partial charge on any atom is 0.338 e. The van der Waals surface area contributed by atoms with E-state index in [1.54, 1.807) is 26.1 Å². The highest BCUT2D eigenvalue weighted by Crippen LogP contribution is 2.16. The third-order valence-corrected chi connectivity index (χ3v) is 5.05. The lowest BCUT2D eigenvalue weighted by atomic mass is 10.1. The van der Waals surface area contributed by atoms with Crippen LogP contribution in [0.1, 0.15) is 22.8 Å². The molecule has 0 aliphatic heterocycles. The van der Waals surface area contributed by atoms with Gasteiger partial charge >= 0.3 is 5.97 Å². The summed E-state index contributed by atoms with van der Waals surface area (Å²) < 4.78 is 7.19. The summed E-state index contributed by atoms with van der Waals surface area (Å²) in [5.41, 5.74) is 3.87. The maximum absolute atomic E-state index is 12.6. The van der Waals surface area contributed by atoms with E-state index in [1.807, 2.05) is 71.4 Å². The molecular formula is C24H22N4O3. The second-order valence-electron chi connectivity index (χ2n) is 7.21. The number of anilines is 1. The van der Waals surface area contributed by atoms with E-state index in [-0.39, 0.29) is 5.91 Å². The lowest BCUT2D eigenvalue weighted by Gasteiger charge is -2.21. The van der Waals surface area contributed by atoms with Gasteiger partial charge in [-0.25, -0.2) is 9.48 Å². The first-order valence-electron chi connectivity index (χ1n) is 9.93. The number of para-hydroxylation sites is 2. The molecule has 0 aliphatic rings. The van der Waals surface area contributed by atoms with E-state index in [4.69, 9.17) is 4.74 Å². The molecule has 4 rings (SSSR count). The van der Waals surface area contributed by atoms with Gasteiger partial charge in [0.1, 0.15) is 5.52 Å². The number of hydrogen-bond donors (Lipinski definition) is 0. The van der Waals surface area contributed by atoms with Crippen molar-refractivity contribution in [1.29, 1.82) is 0 Å². The van der Waals surface area contributed by atoms with Crippen molar-refractivity contribution in [3.63, 3.8) is 0 Å². The number of benzene rings is 3. The Kier molecular flexibility index (Phi) is 5.75. The van der Waals surface area contributed by atoms with E-state index in [1.165, 1.54) is 4.90 Å². The van der Waals surface area contributed by atoms with Crippen molar-refractivity contribution in [3.05, 3.63) is 90.0 Å².